The number of nitrogen functional groups attached to an aromatic ring is 1. The van der Waals surface area contributed by atoms with Gasteiger partial charge in [-0.3, -0.25) is 5.43 Å². The smallest absolute Gasteiger partial charge is 0.240 e. The van der Waals surface area contributed by atoms with Crippen LogP contribution in [0.2, 0.25) is 0 Å². The van der Waals surface area contributed by atoms with E-state index in [1.54, 1.807) is 11.3 Å². The second-order valence-electron chi connectivity index (χ2n) is 4.62. The number of rotatable bonds is 4. The summed E-state index contributed by atoms with van der Waals surface area (Å²) in [4.78, 5) is 9.66. The molecule has 102 valence electrons. The lowest BCUT2D eigenvalue weighted by Crippen LogP contribution is -2.23. The first-order valence-corrected chi connectivity index (χ1v) is 7.28. The van der Waals surface area contributed by atoms with E-state index in [9.17, 15) is 0 Å². The van der Waals surface area contributed by atoms with Crippen molar-refractivity contribution in [2.24, 2.45) is 11.8 Å². The Morgan fingerprint density at radius 1 is 1.37 bits per heavy atom. The second kappa shape index (κ2) is 5.68. The van der Waals surface area contributed by atoms with Crippen molar-refractivity contribution in [2.45, 2.75) is 12.8 Å². The third-order valence-corrected chi connectivity index (χ3v) is 4.16. The molecule has 0 amide bonds. The van der Waals surface area contributed by atoms with Crippen LogP contribution in [0.25, 0.3) is 10.2 Å². The molecule has 0 aromatic carbocycles. The molecule has 0 atom stereocenters. The molecule has 3 rings (SSSR count). The predicted molar refractivity (Wildman–Crippen MR) is 77.3 cm³/mol. The summed E-state index contributed by atoms with van der Waals surface area (Å²) in [6.07, 6.45) is 2.21. The van der Waals surface area contributed by atoms with Gasteiger partial charge in [0.15, 0.2) is 0 Å². The minimum atomic E-state index is 0.449. The maximum Gasteiger partial charge on any atom is 0.240 e. The number of ether oxygens (including phenoxy) is 1. The topological polar surface area (TPSA) is 85.1 Å². The molecule has 0 spiro atoms. The zero-order chi connectivity index (χ0) is 13.1. The van der Waals surface area contributed by atoms with Crippen LogP contribution in [-0.4, -0.2) is 29.7 Å². The van der Waals surface area contributed by atoms with Gasteiger partial charge in [-0.1, -0.05) is 0 Å². The molecule has 1 aliphatic heterocycles. The molecule has 2 aromatic rings. The van der Waals surface area contributed by atoms with E-state index < -0.39 is 0 Å². The highest BCUT2D eigenvalue weighted by Gasteiger charge is 2.15. The van der Waals surface area contributed by atoms with Gasteiger partial charge in [0.05, 0.1) is 5.39 Å². The van der Waals surface area contributed by atoms with Gasteiger partial charge in [0.2, 0.25) is 5.95 Å². The van der Waals surface area contributed by atoms with E-state index in [1.165, 1.54) is 0 Å². The van der Waals surface area contributed by atoms with Crippen LogP contribution in [0.3, 0.4) is 0 Å². The molecule has 1 saturated heterocycles. The van der Waals surface area contributed by atoms with Gasteiger partial charge in [0.25, 0.3) is 0 Å². The zero-order valence-electron chi connectivity index (χ0n) is 10.6. The Morgan fingerprint density at radius 2 is 2.21 bits per heavy atom. The van der Waals surface area contributed by atoms with Gasteiger partial charge in [0.1, 0.15) is 10.6 Å². The van der Waals surface area contributed by atoms with Gasteiger partial charge < -0.3 is 10.1 Å². The van der Waals surface area contributed by atoms with Gasteiger partial charge in [-0.05, 0) is 30.2 Å². The summed E-state index contributed by atoms with van der Waals surface area (Å²) in [6, 6.07) is 2.03. The van der Waals surface area contributed by atoms with Crippen LogP contribution in [0.5, 0.6) is 0 Å². The van der Waals surface area contributed by atoms with Gasteiger partial charge in [-0.2, -0.15) is 4.98 Å². The maximum absolute atomic E-state index is 5.40. The van der Waals surface area contributed by atoms with Crippen LogP contribution in [-0.2, 0) is 4.74 Å². The SMILES string of the molecule is NNc1nc(NCC2CCOCC2)c2ccsc2n1. The largest absolute Gasteiger partial charge is 0.381 e. The average Bonchev–Trinajstić information content (AvgIpc) is 2.94. The van der Waals surface area contributed by atoms with Crippen molar-refractivity contribution in [3.63, 3.8) is 0 Å². The fourth-order valence-electron chi connectivity index (χ4n) is 2.25. The van der Waals surface area contributed by atoms with E-state index >= 15 is 0 Å². The average molecular weight is 279 g/mol. The zero-order valence-corrected chi connectivity index (χ0v) is 11.4. The van der Waals surface area contributed by atoms with E-state index in [4.69, 9.17) is 10.6 Å². The van der Waals surface area contributed by atoms with E-state index in [-0.39, 0.29) is 0 Å². The summed E-state index contributed by atoms with van der Waals surface area (Å²) in [7, 11) is 0. The van der Waals surface area contributed by atoms with Crippen LogP contribution in [0, 0.1) is 5.92 Å². The minimum Gasteiger partial charge on any atom is -0.381 e. The van der Waals surface area contributed by atoms with Crippen molar-refractivity contribution in [1.29, 1.82) is 0 Å². The molecule has 1 fully saturated rings. The molecule has 1 aliphatic rings. The number of fused-ring (bicyclic) bond motifs is 1. The van der Waals surface area contributed by atoms with E-state index in [0.29, 0.717) is 11.9 Å². The lowest BCUT2D eigenvalue weighted by atomic mass is 10.0. The fraction of sp³-hybridized carbons (Fsp3) is 0.500. The Morgan fingerprint density at radius 3 is 3.00 bits per heavy atom. The lowest BCUT2D eigenvalue weighted by Gasteiger charge is -2.22. The van der Waals surface area contributed by atoms with Crippen molar-refractivity contribution in [1.82, 2.24) is 9.97 Å². The molecular weight excluding hydrogens is 262 g/mol. The Balaban J connectivity index is 1.77. The molecule has 2 aromatic heterocycles. The first kappa shape index (κ1) is 12.6. The standard InChI is InChI=1S/C12H17N5OS/c13-17-12-15-10(9-3-6-19-11(9)16-12)14-7-8-1-4-18-5-2-8/h3,6,8H,1-2,4-5,7,13H2,(H2,14,15,16,17). The van der Waals surface area contributed by atoms with Gasteiger partial charge in [-0.15, -0.1) is 11.3 Å². The molecule has 0 saturated carbocycles. The molecule has 0 unspecified atom stereocenters. The number of aromatic nitrogens is 2. The van der Waals surface area contributed by atoms with E-state index in [0.717, 1.165) is 48.6 Å². The molecule has 3 heterocycles. The van der Waals surface area contributed by atoms with Gasteiger partial charge in [-0.25, -0.2) is 10.8 Å². The molecule has 0 aliphatic carbocycles. The number of nitrogens with zero attached hydrogens (tertiary/aromatic N) is 2. The molecule has 0 radical (unpaired) electrons. The number of hydrazine groups is 1. The van der Waals surface area contributed by atoms with Crippen LogP contribution in [0.1, 0.15) is 12.8 Å². The molecule has 19 heavy (non-hydrogen) atoms. The maximum atomic E-state index is 5.40. The van der Waals surface area contributed by atoms with Gasteiger partial charge in [0, 0.05) is 19.8 Å². The summed E-state index contributed by atoms with van der Waals surface area (Å²) in [6.45, 7) is 2.63. The number of hydrogen-bond acceptors (Lipinski definition) is 7. The van der Waals surface area contributed by atoms with E-state index in [1.807, 2.05) is 11.4 Å². The number of nitrogens with two attached hydrogens (primary N) is 1. The van der Waals surface area contributed by atoms with Crippen LogP contribution >= 0.6 is 11.3 Å². The highest BCUT2D eigenvalue weighted by molar-refractivity contribution is 7.16. The Hall–Kier alpha value is -1.44. The normalized spacial score (nSPS) is 16.7. The van der Waals surface area contributed by atoms with Crippen molar-refractivity contribution < 1.29 is 4.74 Å². The molecule has 4 N–H and O–H groups in total. The van der Waals surface area contributed by atoms with Gasteiger partial charge >= 0.3 is 0 Å². The second-order valence-corrected chi connectivity index (χ2v) is 5.51. The number of thiophene rings is 1. The number of nitrogens with one attached hydrogen (secondary N) is 2. The third kappa shape index (κ3) is 2.78. The van der Waals surface area contributed by atoms with Crippen molar-refractivity contribution in [3.8, 4) is 0 Å². The third-order valence-electron chi connectivity index (χ3n) is 3.35. The Bertz CT molecular complexity index is 552. The van der Waals surface area contributed by atoms with Crippen molar-refractivity contribution in [3.05, 3.63) is 11.4 Å². The number of hydrogen-bond donors (Lipinski definition) is 3. The Labute approximate surface area is 115 Å². The summed E-state index contributed by atoms with van der Waals surface area (Å²) < 4.78 is 5.37. The first-order valence-electron chi connectivity index (χ1n) is 6.40. The first-order chi connectivity index (χ1) is 9.36. The number of anilines is 2. The van der Waals surface area contributed by atoms with Crippen LogP contribution < -0.4 is 16.6 Å². The fourth-order valence-corrected chi connectivity index (χ4v) is 3.01. The summed E-state index contributed by atoms with van der Waals surface area (Å²) in [5, 5.41) is 6.49. The highest BCUT2D eigenvalue weighted by Crippen LogP contribution is 2.27. The summed E-state index contributed by atoms with van der Waals surface area (Å²) >= 11 is 1.59. The molecule has 0 bridgehead atoms. The van der Waals surface area contributed by atoms with Crippen molar-refractivity contribution >= 4 is 33.3 Å². The predicted octanol–water partition coefficient (Wildman–Crippen LogP) is 1.82. The molecule has 6 nitrogen and oxygen atoms in total. The Kier molecular flexibility index (Phi) is 3.77. The minimum absolute atomic E-state index is 0.449. The monoisotopic (exact) mass is 279 g/mol. The van der Waals surface area contributed by atoms with Crippen LogP contribution in [0.15, 0.2) is 11.4 Å². The van der Waals surface area contributed by atoms with Crippen molar-refractivity contribution in [2.75, 3.05) is 30.5 Å². The van der Waals surface area contributed by atoms with E-state index in [2.05, 4.69) is 20.7 Å². The van der Waals surface area contributed by atoms with Crippen LogP contribution in [0.4, 0.5) is 11.8 Å². The highest BCUT2D eigenvalue weighted by atomic mass is 32.1. The summed E-state index contributed by atoms with van der Waals surface area (Å²) in [5.74, 6) is 7.35. The molecular formula is C12H17N5OS. The molecule has 7 heteroatoms. The summed E-state index contributed by atoms with van der Waals surface area (Å²) in [5.41, 5.74) is 2.51. The quantitative estimate of drug-likeness (QED) is 0.584. The lowest BCUT2D eigenvalue weighted by molar-refractivity contribution is 0.0699.